The van der Waals surface area contributed by atoms with Gasteiger partial charge in [0.1, 0.15) is 11.5 Å². The molecule has 0 heterocycles. The molecule has 0 saturated heterocycles. The molecule has 2 rings (SSSR count). The maximum absolute atomic E-state index is 12.3. The molecular formula is C18H19F2NO3S. The van der Waals surface area contributed by atoms with Crippen molar-refractivity contribution in [1.82, 2.24) is 4.90 Å². The molecule has 7 heteroatoms. The number of carbonyl (C=O) groups excluding carboxylic acids is 1. The van der Waals surface area contributed by atoms with Crippen molar-refractivity contribution in [1.29, 1.82) is 0 Å². The van der Waals surface area contributed by atoms with Crippen LogP contribution in [-0.4, -0.2) is 37.3 Å². The summed E-state index contributed by atoms with van der Waals surface area (Å²) >= 11 is 1.41. The number of alkyl halides is 2. The third-order valence-electron chi connectivity index (χ3n) is 3.41. The lowest BCUT2D eigenvalue weighted by molar-refractivity contribution is -0.127. The molecule has 1 amide bonds. The Morgan fingerprint density at radius 3 is 2.48 bits per heavy atom. The highest BCUT2D eigenvalue weighted by Gasteiger charge is 2.12. The van der Waals surface area contributed by atoms with Crippen molar-refractivity contribution in [3.63, 3.8) is 0 Å². The van der Waals surface area contributed by atoms with E-state index < -0.39 is 6.61 Å². The molecule has 0 aliphatic rings. The lowest BCUT2D eigenvalue weighted by atomic mass is 10.2. The maximum Gasteiger partial charge on any atom is 0.387 e. The zero-order valence-corrected chi connectivity index (χ0v) is 14.8. The van der Waals surface area contributed by atoms with Gasteiger partial charge in [-0.15, -0.1) is 11.8 Å². The van der Waals surface area contributed by atoms with Crippen LogP contribution >= 0.6 is 11.8 Å². The molecule has 0 aliphatic heterocycles. The van der Waals surface area contributed by atoms with Gasteiger partial charge < -0.3 is 14.4 Å². The Morgan fingerprint density at radius 1 is 1.16 bits per heavy atom. The first-order valence-electron chi connectivity index (χ1n) is 7.53. The minimum absolute atomic E-state index is 0.0381. The van der Waals surface area contributed by atoms with E-state index in [0.29, 0.717) is 6.54 Å². The van der Waals surface area contributed by atoms with E-state index in [-0.39, 0.29) is 17.4 Å². The summed E-state index contributed by atoms with van der Waals surface area (Å²) in [5, 5.41) is 0. The van der Waals surface area contributed by atoms with Gasteiger partial charge in [-0.05, 0) is 29.8 Å². The number of benzene rings is 2. The maximum atomic E-state index is 12.3. The first kappa shape index (κ1) is 19.1. The fourth-order valence-electron chi connectivity index (χ4n) is 2.13. The van der Waals surface area contributed by atoms with Gasteiger partial charge in [-0.25, -0.2) is 0 Å². The molecule has 0 spiro atoms. The van der Waals surface area contributed by atoms with Gasteiger partial charge in [0.05, 0.1) is 12.9 Å². The van der Waals surface area contributed by atoms with Crippen LogP contribution in [0.4, 0.5) is 8.78 Å². The second kappa shape index (κ2) is 9.27. The fourth-order valence-corrected chi connectivity index (χ4v) is 3.09. The Kier molecular flexibility index (Phi) is 7.06. The molecule has 0 bridgehead atoms. The first-order valence-corrected chi connectivity index (χ1v) is 8.51. The van der Waals surface area contributed by atoms with E-state index in [2.05, 4.69) is 4.74 Å². The number of amides is 1. The van der Waals surface area contributed by atoms with E-state index in [9.17, 15) is 13.6 Å². The Labute approximate surface area is 149 Å². The summed E-state index contributed by atoms with van der Waals surface area (Å²) in [7, 11) is 3.30. The highest BCUT2D eigenvalue weighted by molar-refractivity contribution is 8.00. The van der Waals surface area contributed by atoms with E-state index in [0.717, 1.165) is 16.2 Å². The number of thioether (sulfide) groups is 1. The molecule has 0 aromatic heterocycles. The van der Waals surface area contributed by atoms with Crippen LogP contribution in [-0.2, 0) is 11.3 Å². The number of rotatable bonds is 8. The monoisotopic (exact) mass is 367 g/mol. The van der Waals surface area contributed by atoms with Gasteiger partial charge in [0, 0.05) is 18.5 Å². The van der Waals surface area contributed by atoms with Gasteiger partial charge in [0.2, 0.25) is 5.91 Å². The van der Waals surface area contributed by atoms with Crippen molar-refractivity contribution < 1.29 is 23.0 Å². The van der Waals surface area contributed by atoms with Gasteiger partial charge in [-0.1, -0.05) is 24.3 Å². The minimum atomic E-state index is -2.85. The van der Waals surface area contributed by atoms with Crippen LogP contribution in [0.1, 0.15) is 5.56 Å². The third kappa shape index (κ3) is 5.94. The van der Waals surface area contributed by atoms with Crippen LogP contribution < -0.4 is 9.47 Å². The molecule has 2 aromatic carbocycles. The van der Waals surface area contributed by atoms with E-state index >= 15 is 0 Å². The summed E-state index contributed by atoms with van der Waals surface area (Å²) in [6.07, 6.45) is 0. The minimum Gasteiger partial charge on any atom is -0.496 e. The summed E-state index contributed by atoms with van der Waals surface area (Å²) < 4.78 is 33.8. The van der Waals surface area contributed by atoms with Gasteiger partial charge in [0.15, 0.2) is 0 Å². The molecule has 4 nitrogen and oxygen atoms in total. The lowest BCUT2D eigenvalue weighted by Crippen LogP contribution is -2.27. The van der Waals surface area contributed by atoms with E-state index in [1.54, 1.807) is 31.2 Å². The molecule has 25 heavy (non-hydrogen) atoms. The Hall–Kier alpha value is -2.28. The van der Waals surface area contributed by atoms with Crippen LogP contribution in [0.3, 0.4) is 0 Å². The highest BCUT2D eigenvalue weighted by Crippen LogP contribution is 2.28. The molecule has 134 valence electrons. The van der Waals surface area contributed by atoms with Crippen molar-refractivity contribution in [3.8, 4) is 11.5 Å². The molecule has 2 aromatic rings. The average Bonchev–Trinajstić information content (AvgIpc) is 2.61. The van der Waals surface area contributed by atoms with Gasteiger partial charge in [-0.3, -0.25) is 4.79 Å². The standard InChI is InChI=1S/C18H19F2NO3S/c1-21(11-13-7-9-14(10-8-13)24-18(19)20)17(22)12-25-16-6-4-3-5-15(16)23-2/h3-10,18H,11-12H2,1-2H3. The second-order valence-corrected chi connectivity index (χ2v) is 6.23. The zero-order valence-electron chi connectivity index (χ0n) is 13.9. The molecular weight excluding hydrogens is 348 g/mol. The number of hydrogen-bond acceptors (Lipinski definition) is 4. The molecule has 0 atom stereocenters. The number of para-hydroxylation sites is 1. The van der Waals surface area contributed by atoms with E-state index in [1.807, 2.05) is 24.3 Å². The van der Waals surface area contributed by atoms with Crippen molar-refractivity contribution in [3.05, 3.63) is 54.1 Å². The second-order valence-electron chi connectivity index (χ2n) is 5.21. The summed E-state index contributed by atoms with van der Waals surface area (Å²) in [4.78, 5) is 14.8. The van der Waals surface area contributed by atoms with Gasteiger partial charge in [0.25, 0.3) is 0 Å². The number of methoxy groups -OCH3 is 1. The summed E-state index contributed by atoms with van der Waals surface area (Å²) in [6.45, 7) is -2.46. The summed E-state index contributed by atoms with van der Waals surface area (Å²) in [6, 6.07) is 13.8. The zero-order chi connectivity index (χ0) is 18.2. The van der Waals surface area contributed by atoms with Crippen LogP contribution in [0.25, 0.3) is 0 Å². The predicted octanol–water partition coefficient (Wildman–Crippen LogP) is 4.05. The predicted molar refractivity (Wildman–Crippen MR) is 93.3 cm³/mol. The molecule has 0 radical (unpaired) electrons. The number of nitrogens with zero attached hydrogens (tertiary/aromatic N) is 1. The van der Waals surface area contributed by atoms with Crippen LogP contribution in [0.15, 0.2) is 53.4 Å². The largest absolute Gasteiger partial charge is 0.496 e. The van der Waals surface area contributed by atoms with Gasteiger partial charge >= 0.3 is 6.61 Å². The molecule has 0 aliphatic carbocycles. The summed E-state index contributed by atoms with van der Waals surface area (Å²) in [5.41, 5.74) is 0.833. The number of carbonyl (C=O) groups is 1. The molecule has 0 saturated carbocycles. The van der Waals surface area contributed by atoms with Crippen molar-refractivity contribution >= 4 is 17.7 Å². The number of hydrogen-bond donors (Lipinski definition) is 0. The van der Waals surface area contributed by atoms with Crippen LogP contribution in [0.2, 0.25) is 0 Å². The fraction of sp³-hybridized carbons (Fsp3) is 0.278. The quantitative estimate of drug-likeness (QED) is 0.660. The van der Waals surface area contributed by atoms with Gasteiger partial charge in [-0.2, -0.15) is 8.78 Å². The number of halogens is 2. The smallest absolute Gasteiger partial charge is 0.387 e. The normalized spacial score (nSPS) is 10.6. The third-order valence-corrected chi connectivity index (χ3v) is 4.45. The molecule has 0 N–H and O–H groups in total. The highest BCUT2D eigenvalue weighted by atomic mass is 32.2. The topological polar surface area (TPSA) is 38.8 Å². The van der Waals surface area contributed by atoms with E-state index in [4.69, 9.17) is 4.74 Å². The van der Waals surface area contributed by atoms with E-state index in [1.165, 1.54) is 23.9 Å². The lowest BCUT2D eigenvalue weighted by Gasteiger charge is -2.17. The van der Waals surface area contributed by atoms with Crippen molar-refractivity contribution in [2.45, 2.75) is 18.1 Å². The SMILES string of the molecule is COc1ccccc1SCC(=O)N(C)Cc1ccc(OC(F)F)cc1. The summed E-state index contributed by atoms with van der Waals surface area (Å²) in [5.74, 6) is 1.07. The number of ether oxygens (including phenoxy) is 2. The van der Waals surface area contributed by atoms with Crippen molar-refractivity contribution in [2.24, 2.45) is 0 Å². The Bertz CT molecular complexity index is 695. The molecule has 0 fully saturated rings. The Balaban J connectivity index is 1.87. The Morgan fingerprint density at radius 2 is 1.84 bits per heavy atom. The first-order chi connectivity index (χ1) is 12.0. The average molecular weight is 367 g/mol. The molecule has 0 unspecified atom stereocenters. The van der Waals surface area contributed by atoms with Crippen molar-refractivity contribution in [2.75, 3.05) is 19.9 Å². The van der Waals surface area contributed by atoms with Crippen LogP contribution in [0.5, 0.6) is 11.5 Å². The van der Waals surface area contributed by atoms with Crippen LogP contribution in [0, 0.1) is 0 Å².